The minimum atomic E-state index is -0.512. The third kappa shape index (κ3) is 3.43. The fourth-order valence-electron chi connectivity index (χ4n) is 3.77. The Morgan fingerprint density at radius 3 is 2.57 bits per heavy atom. The molecule has 28 heavy (non-hydrogen) atoms. The summed E-state index contributed by atoms with van der Waals surface area (Å²) >= 11 is 0. The van der Waals surface area contributed by atoms with Gasteiger partial charge in [-0.25, -0.2) is 0 Å². The number of phenols is 1. The van der Waals surface area contributed by atoms with Crippen molar-refractivity contribution in [3.05, 3.63) is 77.9 Å². The van der Waals surface area contributed by atoms with Crippen LogP contribution in [0.2, 0.25) is 0 Å². The molecule has 5 heteroatoms. The van der Waals surface area contributed by atoms with Crippen molar-refractivity contribution < 1.29 is 14.7 Å². The quantitative estimate of drug-likeness (QED) is 0.735. The number of hydrogen-bond acceptors (Lipinski definition) is 3. The van der Waals surface area contributed by atoms with E-state index in [0.29, 0.717) is 24.9 Å². The molecule has 142 valence electrons. The van der Waals surface area contributed by atoms with Crippen LogP contribution >= 0.6 is 0 Å². The number of carbonyl (C=O) groups is 2. The number of rotatable bonds is 4. The molecule has 0 bridgehead atoms. The molecule has 1 atom stereocenters. The first-order valence-corrected chi connectivity index (χ1v) is 9.48. The van der Waals surface area contributed by atoms with E-state index in [-0.39, 0.29) is 23.1 Å². The molecule has 5 nitrogen and oxygen atoms in total. The maximum absolute atomic E-state index is 13.1. The number of nitrogens with one attached hydrogen (secondary N) is 1. The molecular formula is C23H22N2O3. The van der Waals surface area contributed by atoms with Crippen LogP contribution in [-0.4, -0.2) is 34.4 Å². The summed E-state index contributed by atoms with van der Waals surface area (Å²) in [6, 6.07) is 20.0. The number of carbonyl (C=O) groups excluding carboxylic acids is 2. The summed E-state index contributed by atoms with van der Waals surface area (Å²) in [6.45, 7) is 0.938. The highest BCUT2D eigenvalue weighted by atomic mass is 16.3. The molecule has 1 saturated heterocycles. The standard InChI is InChI=1S/C23H22N2O3/c26-21-18-10-5-4-9-17(18)12-13-19(21)23(28)25-14-6-11-20(25)22(27)24-15-16-7-2-1-3-8-16/h1-5,7-10,12-13,20,26H,6,11,14-15H2,(H,24,27). The van der Waals surface area contributed by atoms with Crippen molar-refractivity contribution in [1.29, 1.82) is 0 Å². The van der Waals surface area contributed by atoms with Gasteiger partial charge in [0.05, 0.1) is 5.56 Å². The van der Waals surface area contributed by atoms with E-state index in [2.05, 4.69) is 5.32 Å². The van der Waals surface area contributed by atoms with Gasteiger partial charge in [-0.15, -0.1) is 0 Å². The van der Waals surface area contributed by atoms with Crippen molar-refractivity contribution in [1.82, 2.24) is 10.2 Å². The summed E-state index contributed by atoms with van der Waals surface area (Å²) in [5.74, 6) is -0.492. The van der Waals surface area contributed by atoms with E-state index in [1.54, 1.807) is 17.0 Å². The molecule has 3 aromatic rings. The highest BCUT2D eigenvalue weighted by molar-refractivity contribution is 6.05. The number of aromatic hydroxyl groups is 1. The molecule has 1 fully saturated rings. The Bertz CT molecular complexity index is 1020. The van der Waals surface area contributed by atoms with Gasteiger partial charge in [-0.2, -0.15) is 0 Å². The van der Waals surface area contributed by atoms with Crippen LogP contribution in [0, 0.1) is 0 Å². The molecule has 3 aromatic carbocycles. The topological polar surface area (TPSA) is 69.6 Å². The Balaban J connectivity index is 1.52. The summed E-state index contributed by atoms with van der Waals surface area (Å²) < 4.78 is 0. The van der Waals surface area contributed by atoms with Crippen molar-refractivity contribution in [2.24, 2.45) is 0 Å². The second-order valence-electron chi connectivity index (χ2n) is 7.04. The number of likely N-dealkylation sites (tertiary alicyclic amines) is 1. The molecule has 0 aliphatic carbocycles. The number of phenolic OH excluding ortho intramolecular Hbond substituents is 1. The van der Waals surface area contributed by atoms with E-state index in [1.807, 2.05) is 54.6 Å². The monoisotopic (exact) mass is 374 g/mol. The summed E-state index contributed by atoms with van der Waals surface area (Å²) in [4.78, 5) is 27.4. The van der Waals surface area contributed by atoms with Crippen LogP contribution in [0.25, 0.3) is 10.8 Å². The summed E-state index contributed by atoms with van der Waals surface area (Å²) in [6.07, 6.45) is 1.39. The van der Waals surface area contributed by atoms with Crippen LogP contribution in [0.1, 0.15) is 28.8 Å². The Hall–Kier alpha value is -3.34. The van der Waals surface area contributed by atoms with Gasteiger partial charge in [-0.1, -0.05) is 60.7 Å². The van der Waals surface area contributed by atoms with E-state index >= 15 is 0 Å². The van der Waals surface area contributed by atoms with Crippen molar-refractivity contribution in [3.8, 4) is 5.75 Å². The summed E-state index contributed by atoms with van der Waals surface area (Å²) in [5, 5.41) is 15.0. The second-order valence-corrected chi connectivity index (χ2v) is 7.04. The maximum atomic E-state index is 13.1. The highest BCUT2D eigenvalue weighted by Crippen LogP contribution is 2.31. The molecule has 2 N–H and O–H groups in total. The molecule has 2 amide bonds. The number of benzene rings is 3. The third-order valence-electron chi connectivity index (χ3n) is 5.26. The molecule has 1 unspecified atom stereocenters. The lowest BCUT2D eigenvalue weighted by atomic mass is 10.0. The SMILES string of the molecule is O=C(NCc1ccccc1)C1CCCN1C(=O)c1ccc2ccccc2c1O. The van der Waals surface area contributed by atoms with E-state index in [1.165, 1.54) is 0 Å². The van der Waals surface area contributed by atoms with Gasteiger partial charge in [0.1, 0.15) is 11.8 Å². The fourth-order valence-corrected chi connectivity index (χ4v) is 3.77. The lowest BCUT2D eigenvalue weighted by molar-refractivity contribution is -0.125. The van der Waals surface area contributed by atoms with Gasteiger partial charge in [0.15, 0.2) is 0 Å². The fraction of sp³-hybridized carbons (Fsp3) is 0.217. The Kier molecular flexibility index (Phi) is 4.98. The number of amides is 2. The van der Waals surface area contributed by atoms with Gasteiger partial charge >= 0.3 is 0 Å². The van der Waals surface area contributed by atoms with E-state index in [0.717, 1.165) is 17.4 Å². The van der Waals surface area contributed by atoms with Crippen LogP contribution in [0.3, 0.4) is 0 Å². The summed E-state index contributed by atoms with van der Waals surface area (Å²) in [7, 11) is 0. The van der Waals surface area contributed by atoms with E-state index < -0.39 is 6.04 Å². The van der Waals surface area contributed by atoms with Crippen LogP contribution < -0.4 is 5.32 Å². The molecule has 1 heterocycles. The normalized spacial score (nSPS) is 16.3. The number of hydrogen-bond donors (Lipinski definition) is 2. The number of nitrogens with zero attached hydrogens (tertiary/aromatic N) is 1. The Morgan fingerprint density at radius 2 is 1.75 bits per heavy atom. The lowest BCUT2D eigenvalue weighted by Crippen LogP contribution is -2.45. The maximum Gasteiger partial charge on any atom is 0.258 e. The molecule has 0 aromatic heterocycles. The minimum Gasteiger partial charge on any atom is -0.506 e. The molecular weight excluding hydrogens is 352 g/mol. The molecule has 0 saturated carbocycles. The number of fused-ring (bicyclic) bond motifs is 1. The van der Waals surface area contributed by atoms with E-state index in [4.69, 9.17) is 0 Å². The van der Waals surface area contributed by atoms with Crippen LogP contribution in [0.5, 0.6) is 5.75 Å². The van der Waals surface area contributed by atoms with Gasteiger partial charge < -0.3 is 15.3 Å². The van der Waals surface area contributed by atoms with Crippen LogP contribution in [0.4, 0.5) is 0 Å². The zero-order valence-electron chi connectivity index (χ0n) is 15.5. The van der Waals surface area contributed by atoms with Crippen molar-refractivity contribution in [3.63, 3.8) is 0 Å². The molecule has 0 radical (unpaired) electrons. The summed E-state index contributed by atoms with van der Waals surface area (Å²) in [5.41, 5.74) is 1.25. The molecule has 4 rings (SSSR count). The Labute approximate surface area is 163 Å². The highest BCUT2D eigenvalue weighted by Gasteiger charge is 2.35. The second kappa shape index (κ2) is 7.72. The first-order chi connectivity index (χ1) is 13.6. The van der Waals surface area contributed by atoms with Gasteiger partial charge in [0.25, 0.3) is 5.91 Å². The first-order valence-electron chi connectivity index (χ1n) is 9.48. The van der Waals surface area contributed by atoms with Crippen molar-refractivity contribution in [2.75, 3.05) is 6.54 Å². The predicted octanol–water partition coefficient (Wildman–Crippen LogP) is 3.47. The van der Waals surface area contributed by atoms with Gasteiger partial charge in [-0.05, 0) is 29.9 Å². The van der Waals surface area contributed by atoms with Crippen LogP contribution in [0.15, 0.2) is 66.7 Å². The zero-order chi connectivity index (χ0) is 19.5. The average Bonchev–Trinajstić information content (AvgIpc) is 3.23. The lowest BCUT2D eigenvalue weighted by Gasteiger charge is -2.24. The smallest absolute Gasteiger partial charge is 0.258 e. The van der Waals surface area contributed by atoms with Gasteiger partial charge in [-0.3, -0.25) is 9.59 Å². The Morgan fingerprint density at radius 1 is 1.00 bits per heavy atom. The van der Waals surface area contributed by atoms with E-state index in [9.17, 15) is 14.7 Å². The first kappa shape index (κ1) is 18.0. The molecule has 1 aliphatic rings. The molecule has 1 aliphatic heterocycles. The van der Waals surface area contributed by atoms with Crippen molar-refractivity contribution >= 4 is 22.6 Å². The van der Waals surface area contributed by atoms with Crippen LogP contribution in [-0.2, 0) is 11.3 Å². The zero-order valence-corrected chi connectivity index (χ0v) is 15.5. The predicted molar refractivity (Wildman–Crippen MR) is 108 cm³/mol. The third-order valence-corrected chi connectivity index (χ3v) is 5.26. The largest absolute Gasteiger partial charge is 0.506 e. The molecule has 0 spiro atoms. The van der Waals surface area contributed by atoms with Gasteiger partial charge in [0.2, 0.25) is 5.91 Å². The average molecular weight is 374 g/mol. The van der Waals surface area contributed by atoms with Gasteiger partial charge in [0, 0.05) is 18.5 Å². The van der Waals surface area contributed by atoms with Crippen molar-refractivity contribution in [2.45, 2.75) is 25.4 Å². The minimum absolute atomic E-state index is 0.0292.